The second-order valence-corrected chi connectivity index (χ2v) is 3.81. The van der Waals surface area contributed by atoms with Gasteiger partial charge in [-0.3, -0.25) is 10.1 Å². The molecule has 2 aromatic rings. The van der Waals surface area contributed by atoms with Crippen LogP contribution in [0.15, 0.2) is 24.4 Å². The molecule has 0 aliphatic carbocycles. The van der Waals surface area contributed by atoms with Crippen LogP contribution in [0.5, 0.6) is 0 Å². The van der Waals surface area contributed by atoms with Gasteiger partial charge in [-0.1, -0.05) is 0 Å². The molecule has 0 saturated carbocycles. The van der Waals surface area contributed by atoms with E-state index in [2.05, 4.69) is 9.97 Å². The van der Waals surface area contributed by atoms with E-state index in [1.807, 2.05) is 0 Å². The molecule has 0 spiro atoms. The largest absolute Gasteiger partial charge is 0.313 e. The van der Waals surface area contributed by atoms with Gasteiger partial charge in [0.25, 0.3) is 0 Å². The van der Waals surface area contributed by atoms with Crippen molar-refractivity contribution in [3.8, 4) is 17.3 Å². The number of nitriles is 1. The number of nitro groups is 1. The summed E-state index contributed by atoms with van der Waals surface area (Å²) in [6.45, 7) is 0. The Bertz CT molecular complexity index is 714. The van der Waals surface area contributed by atoms with Crippen LogP contribution in [-0.4, -0.2) is 14.9 Å². The van der Waals surface area contributed by atoms with E-state index in [4.69, 9.17) is 16.9 Å². The fraction of sp³-hybridized carbons (Fsp3) is 0. The zero-order valence-corrected chi connectivity index (χ0v) is 9.93. The van der Waals surface area contributed by atoms with Crippen LogP contribution in [0.1, 0.15) is 5.56 Å². The minimum Gasteiger partial charge on any atom is -0.258 e. The van der Waals surface area contributed by atoms with Crippen molar-refractivity contribution >= 4 is 17.3 Å². The van der Waals surface area contributed by atoms with Gasteiger partial charge >= 0.3 is 5.69 Å². The Morgan fingerprint density at radius 2 is 2.16 bits per heavy atom. The van der Waals surface area contributed by atoms with Gasteiger partial charge in [-0.2, -0.15) is 5.26 Å². The van der Waals surface area contributed by atoms with Crippen LogP contribution in [0.2, 0.25) is 5.28 Å². The molecule has 1 heterocycles. The lowest BCUT2D eigenvalue weighted by atomic mass is 10.1. The van der Waals surface area contributed by atoms with Crippen molar-refractivity contribution in [2.45, 2.75) is 0 Å². The first-order chi connectivity index (χ1) is 9.01. The molecule has 0 amide bonds. The van der Waals surface area contributed by atoms with E-state index in [0.29, 0.717) is 0 Å². The summed E-state index contributed by atoms with van der Waals surface area (Å²) >= 11 is 5.58. The van der Waals surface area contributed by atoms with Crippen molar-refractivity contribution in [1.82, 2.24) is 9.97 Å². The van der Waals surface area contributed by atoms with E-state index >= 15 is 0 Å². The predicted molar refractivity (Wildman–Crippen MR) is 63.8 cm³/mol. The second-order valence-electron chi connectivity index (χ2n) is 3.47. The average Bonchev–Trinajstić information content (AvgIpc) is 2.37. The van der Waals surface area contributed by atoms with Crippen LogP contribution in [0.25, 0.3) is 11.3 Å². The second kappa shape index (κ2) is 4.96. The van der Waals surface area contributed by atoms with Crippen LogP contribution in [0, 0.1) is 27.3 Å². The molecule has 6 nitrogen and oxygen atoms in total. The maximum absolute atomic E-state index is 13.3. The topological polar surface area (TPSA) is 92.7 Å². The zero-order chi connectivity index (χ0) is 14.0. The third-order valence-corrected chi connectivity index (χ3v) is 2.42. The zero-order valence-electron chi connectivity index (χ0n) is 9.17. The monoisotopic (exact) mass is 278 g/mol. The van der Waals surface area contributed by atoms with Crippen molar-refractivity contribution in [1.29, 1.82) is 5.26 Å². The summed E-state index contributed by atoms with van der Waals surface area (Å²) in [6, 6.07) is 5.09. The van der Waals surface area contributed by atoms with Gasteiger partial charge in [-0.25, -0.2) is 14.4 Å². The van der Waals surface area contributed by atoms with Gasteiger partial charge in [0.2, 0.25) is 5.28 Å². The molecule has 8 heteroatoms. The number of benzene rings is 1. The summed E-state index contributed by atoms with van der Waals surface area (Å²) in [7, 11) is 0. The molecule has 0 bridgehead atoms. The fourth-order valence-electron chi connectivity index (χ4n) is 1.49. The Morgan fingerprint density at radius 1 is 1.42 bits per heavy atom. The molecule has 0 aliphatic rings. The number of aromatic nitrogens is 2. The van der Waals surface area contributed by atoms with Gasteiger partial charge in [0, 0.05) is 5.56 Å². The van der Waals surface area contributed by atoms with Crippen LogP contribution < -0.4 is 0 Å². The summed E-state index contributed by atoms with van der Waals surface area (Å²) in [4.78, 5) is 17.4. The maximum Gasteiger partial charge on any atom is 0.313 e. The highest BCUT2D eigenvalue weighted by Crippen LogP contribution is 2.29. The van der Waals surface area contributed by atoms with Crippen LogP contribution >= 0.6 is 11.6 Å². The smallest absolute Gasteiger partial charge is 0.258 e. The summed E-state index contributed by atoms with van der Waals surface area (Å²) < 4.78 is 13.3. The maximum atomic E-state index is 13.3. The van der Waals surface area contributed by atoms with Gasteiger partial charge in [0.15, 0.2) is 5.69 Å². The molecule has 1 aromatic heterocycles. The number of hydrogen-bond acceptors (Lipinski definition) is 5. The third-order valence-electron chi connectivity index (χ3n) is 2.24. The molecule has 0 aliphatic heterocycles. The summed E-state index contributed by atoms with van der Waals surface area (Å²) in [5.74, 6) is -0.696. The normalized spacial score (nSPS) is 9.95. The molecule has 94 valence electrons. The highest BCUT2D eigenvalue weighted by molar-refractivity contribution is 6.28. The van der Waals surface area contributed by atoms with Crippen molar-refractivity contribution < 1.29 is 9.31 Å². The van der Waals surface area contributed by atoms with E-state index in [1.165, 1.54) is 6.07 Å². The van der Waals surface area contributed by atoms with Crippen LogP contribution in [0.4, 0.5) is 10.1 Å². The van der Waals surface area contributed by atoms with Crippen molar-refractivity contribution in [2.75, 3.05) is 0 Å². The number of halogens is 2. The lowest BCUT2D eigenvalue weighted by Gasteiger charge is -2.03. The van der Waals surface area contributed by atoms with E-state index in [9.17, 15) is 14.5 Å². The molecular weight excluding hydrogens is 275 g/mol. The Balaban J connectivity index is 2.71. The molecular formula is C11H4ClFN4O2. The first kappa shape index (κ1) is 12.9. The van der Waals surface area contributed by atoms with E-state index in [1.54, 1.807) is 6.07 Å². The van der Waals surface area contributed by atoms with E-state index < -0.39 is 16.4 Å². The molecule has 19 heavy (non-hydrogen) atoms. The van der Waals surface area contributed by atoms with Crippen LogP contribution in [0.3, 0.4) is 0 Å². The number of hydrogen-bond donors (Lipinski definition) is 0. The highest BCUT2D eigenvalue weighted by atomic mass is 35.5. The summed E-state index contributed by atoms with van der Waals surface area (Å²) in [6.07, 6.45) is 0.932. The molecule has 0 unspecified atom stereocenters. The lowest BCUT2D eigenvalue weighted by molar-refractivity contribution is -0.384. The Kier molecular flexibility index (Phi) is 3.35. The van der Waals surface area contributed by atoms with Gasteiger partial charge in [0.1, 0.15) is 12.0 Å². The molecule has 0 fully saturated rings. The fourth-order valence-corrected chi connectivity index (χ4v) is 1.62. The average molecular weight is 279 g/mol. The van der Waals surface area contributed by atoms with Gasteiger partial charge in [0.05, 0.1) is 16.6 Å². The molecule has 2 rings (SSSR count). The Morgan fingerprint density at radius 3 is 2.79 bits per heavy atom. The quantitative estimate of drug-likeness (QED) is 0.478. The predicted octanol–water partition coefficient (Wildman–Crippen LogP) is 2.72. The summed E-state index contributed by atoms with van der Waals surface area (Å²) in [5, 5.41) is 19.4. The molecule has 0 N–H and O–H groups in total. The molecule has 0 radical (unpaired) electrons. The third kappa shape index (κ3) is 2.64. The Labute approximate surface area is 111 Å². The highest BCUT2D eigenvalue weighted by Gasteiger charge is 2.19. The molecule has 0 saturated heterocycles. The van der Waals surface area contributed by atoms with Gasteiger partial charge in [-0.15, -0.1) is 0 Å². The van der Waals surface area contributed by atoms with E-state index in [0.717, 1.165) is 18.3 Å². The number of nitrogens with zero attached hydrogens (tertiary/aromatic N) is 4. The first-order valence-electron chi connectivity index (χ1n) is 4.89. The van der Waals surface area contributed by atoms with E-state index in [-0.39, 0.29) is 22.1 Å². The van der Waals surface area contributed by atoms with Crippen LogP contribution in [-0.2, 0) is 0 Å². The van der Waals surface area contributed by atoms with Gasteiger partial charge < -0.3 is 0 Å². The lowest BCUT2D eigenvalue weighted by Crippen LogP contribution is -1.97. The first-order valence-corrected chi connectivity index (χ1v) is 5.27. The van der Waals surface area contributed by atoms with Crippen molar-refractivity contribution in [2.24, 2.45) is 0 Å². The minimum absolute atomic E-state index is 0.0269. The number of rotatable bonds is 2. The summed E-state index contributed by atoms with van der Waals surface area (Å²) in [5.41, 5.74) is -0.438. The van der Waals surface area contributed by atoms with Crippen molar-refractivity contribution in [3.63, 3.8) is 0 Å². The minimum atomic E-state index is -0.706. The standard InChI is InChI=1S/C11H4ClFN4O2/c12-11-15-5-9(17(18)19)10(16-11)7-1-6(4-14)2-8(13)3-7/h1-3,5H. The Hall–Kier alpha value is -2.59. The van der Waals surface area contributed by atoms with Crippen molar-refractivity contribution in [3.05, 3.63) is 51.2 Å². The molecule has 1 aromatic carbocycles. The SMILES string of the molecule is N#Cc1cc(F)cc(-c2nc(Cl)ncc2[N+](=O)[O-])c1. The van der Waals surface area contributed by atoms with Gasteiger partial charge in [-0.05, 0) is 29.8 Å². The molecule has 0 atom stereocenters.